The van der Waals surface area contributed by atoms with Crippen molar-refractivity contribution in [3.63, 3.8) is 0 Å². The summed E-state index contributed by atoms with van der Waals surface area (Å²) < 4.78 is 35.9. The van der Waals surface area contributed by atoms with E-state index in [0.717, 1.165) is 20.8 Å². The molecule has 13 nitrogen and oxygen atoms in total. The summed E-state index contributed by atoms with van der Waals surface area (Å²) >= 11 is 0. The maximum absolute atomic E-state index is 13.7. The van der Waals surface area contributed by atoms with Gasteiger partial charge in [-0.25, -0.2) is 4.79 Å². The number of esters is 5. The smallest absolute Gasteiger partial charge is 0.338 e. The quantitative estimate of drug-likeness (QED) is 0.209. The van der Waals surface area contributed by atoms with Crippen molar-refractivity contribution in [1.82, 2.24) is 0 Å². The highest BCUT2D eigenvalue weighted by Gasteiger charge is 2.68. The lowest BCUT2D eigenvalue weighted by Gasteiger charge is -2.46. The van der Waals surface area contributed by atoms with Crippen molar-refractivity contribution in [2.45, 2.75) is 123 Å². The normalized spacial score (nSPS) is 33.8. The number of aliphatic hydroxyl groups is 2. The molecule has 0 aromatic heterocycles. The zero-order valence-electron chi connectivity index (χ0n) is 31.7. The summed E-state index contributed by atoms with van der Waals surface area (Å²) in [5.41, 5.74) is -5.20. The molecule has 1 saturated carbocycles. The van der Waals surface area contributed by atoms with Crippen LogP contribution in [0.15, 0.2) is 54.6 Å². The topological polar surface area (TPSA) is 181 Å². The van der Waals surface area contributed by atoms with Crippen LogP contribution in [0.5, 0.6) is 0 Å². The molecule has 0 radical (unpaired) electrons. The first kappa shape index (κ1) is 42.3. The number of carbonyl (C=O) groups is 5. The Bertz CT molecular complexity index is 1510. The van der Waals surface area contributed by atoms with Gasteiger partial charge in [0.2, 0.25) is 0 Å². The first-order valence-electron chi connectivity index (χ1n) is 17.4. The third-order valence-corrected chi connectivity index (χ3v) is 9.38. The number of rotatable bonds is 9. The fourth-order valence-electron chi connectivity index (χ4n) is 7.28. The van der Waals surface area contributed by atoms with Gasteiger partial charge in [0.05, 0.1) is 17.6 Å². The molecule has 10 atom stereocenters. The molecule has 0 bridgehead atoms. The van der Waals surface area contributed by atoms with Crippen LogP contribution in [0.3, 0.4) is 0 Å². The van der Waals surface area contributed by atoms with Crippen molar-refractivity contribution < 1.29 is 62.6 Å². The van der Waals surface area contributed by atoms with Crippen LogP contribution in [0.2, 0.25) is 0 Å². The molecule has 3 rings (SSSR count). The second kappa shape index (κ2) is 16.7. The second-order valence-electron chi connectivity index (χ2n) is 15.2. The number of carbonyl (C=O) groups excluding carboxylic acids is 5. The number of hydrogen-bond acceptors (Lipinski definition) is 13. The third-order valence-electron chi connectivity index (χ3n) is 9.38. The fraction of sp³-hybridized carbons (Fsp3) is 0.615. The van der Waals surface area contributed by atoms with Gasteiger partial charge >= 0.3 is 29.8 Å². The third kappa shape index (κ3) is 9.87. The van der Waals surface area contributed by atoms with E-state index in [9.17, 15) is 34.2 Å². The summed E-state index contributed by atoms with van der Waals surface area (Å²) in [7, 11) is 0. The molecule has 0 heterocycles. The van der Waals surface area contributed by atoms with Gasteiger partial charge in [-0.05, 0) is 30.5 Å². The highest BCUT2D eigenvalue weighted by molar-refractivity contribution is 5.89. The van der Waals surface area contributed by atoms with E-state index in [4.69, 9.17) is 28.4 Å². The van der Waals surface area contributed by atoms with E-state index >= 15 is 0 Å². The van der Waals surface area contributed by atoms with Gasteiger partial charge in [0.1, 0.15) is 23.4 Å². The summed E-state index contributed by atoms with van der Waals surface area (Å²) in [6.45, 7) is 19.1. The number of fused-ring (bicyclic) bond motifs is 1. The summed E-state index contributed by atoms with van der Waals surface area (Å²) in [5, 5.41) is 25.1. The van der Waals surface area contributed by atoms with Crippen molar-refractivity contribution in [2.75, 3.05) is 6.61 Å². The van der Waals surface area contributed by atoms with Crippen LogP contribution in [-0.2, 0) is 47.6 Å². The molecule has 0 amide bonds. The van der Waals surface area contributed by atoms with Gasteiger partial charge in [-0.1, -0.05) is 71.5 Å². The average Bonchev–Trinajstić information content (AvgIpc) is 3.22. The number of hydrogen-bond donors (Lipinski definition) is 2. The Morgan fingerprint density at radius 1 is 0.788 bits per heavy atom. The van der Waals surface area contributed by atoms with Gasteiger partial charge in [-0.15, -0.1) is 0 Å². The molecule has 0 saturated heterocycles. The summed E-state index contributed by atoms with van der Waals surface area (Å²) in [6, 6.07) is 8.14. The van der Waals surface area contributed by atoms with E-state index in [0.29, 0.717) is 0 Å². The minimum Gasteiger partial charge on any atom is -0.459 e. The van der Waals surface area contributed by atoms with E-state index in [-0.39, 0.29) is 23.7 Å². The molecule has 2 N–H and O–H groups in total. The van der Waals surface area contributed by atoms with Gasteiger partial charge in [-0.3, -0.25) is 19.2 Å². The van der Waals surface area contributed by atoms with E-state index in [1.807, 2.05) is 13.8 Å². The van der Waals surface area contributed by atoms with Gasteiger partial charge in [0.15, 0.2) is 18.3 Å². The van der Waals surface area contributed by atoms with Gasteiger partial charge < -0.3 is 38.6 Å². The van der Waals surface area contributed by atoms with Crippen LogP contribution in [-0.4, -0.2) is 94.5 Å². The van der Waals surface area contributed by atoms with E-state index in [2.05, 4.69) is 6.58 Å². The molecular formula is C39H54O13. The fourth-order valence-corrected chi connectivity index (χ4v) is 7.28. The van der Waals surface area contributed by atoms with Crippen molar-refractivity contribution in [2.24, 2.45) is 23.2 Å². The maximum Gasteiger partial charge on any atom is 0.338 e. The Morgan fingerprint density at radius 3 is 1.85 bits per heavy atom. The number of benzene rings is 1. The Morgan fingerprint density at radius 2 is 1.33 bits per heavy atom. The van der Waals surface area contributed by atoms with Crippen molar-refractivity contribution in [1.29, 1.82) is 0 Å². The SMILES string of the molecule is C=C1[C@H](OC(C)=O)[C@@H](OC(C)=O)[C@@H](OC(C)=O)C(C)(C)/C=C/[C@H](C)[C@H](OC(=O)c2ccccc2)[C@@]2(O)C[C@@](C)(O)[C@H](OC(C)=O)[C@@H]2[C@H]1OCC(C)C. The van der Waals surface area contributed by atoms with Crippen LogP contribution < -0.4 is 0 Å². The van der Waals surface area contributed by atoms with Crippen molar-refractivity contribution in [3.05, 3.63) is 60.2 Å². The molecule has 52 heavy (non-hydrogen) atoms. The van der Waals surface area contributed by atoms with Gasteiger partial charge in [0.25, 0.3) is 0 Å². The van der Waals surface area contributed by atoms with Crippen LogP contribution in [0.4, 0.5) is 0 Å². The molecule has 1 fully saturated rings. The Hall–Kier alpha value is -4.07. The monoisotopic (exact) mass is 730 g/mol. The lowest BCUT2D eigenvalue weighted by atomic mass is 9.71. The van der Waals surface area contributed by atoms with Crippen LogP contribution >= 0.6 is 0 Å². The van der Waals surface area contributed by atoms with Crippen LogP contribution in [0, 0.1) is 23.2 Å². The van der Waals surface area contributed by atoms with Crippen LogP contribution in [0.25, 0.3) is 0 Å². The first-order valence-corrected chi connectivity index (χ1v) is 17.4. The summed E-state index contributed by atoms with van der Waals surface area (Å²) in [4.78, 5) is 64.5. The van der Waals surface area contributed by atoms with Crippen molar-refractivity contribution in [3.8, 4) is 0 Å². The van der Waals surface area contributed by atoms with E-state index in [1.54, 1.807) is 63.3 Å². The zero-order valence-corrected chi connectivity index (χ0v) is 31.7. The maximum atomic E-state index is 13.7. The molecule has 1 aromatic carbocycles. The van der Waals surface area contributed by atoms with E-state index in [1.165, 1.54) is 13.8 Å². The molecule has 0 spiro atoms. The highest BCUT2D eigenvalue weighted by Crippen LogP contribution is 2.53. The first-order chi connectivity index (χ1) is 24.0. The minimum atomic E-state index is -2.21. The van der Waals surface area contributed by atoms with E-state index < -0.39 is 101 Å². The molecule has 2 aliphatic carbocycles. The molecular weight excluding hydrogens is 676 g/mol. The Balaban J connectivity index is 2.50. The van der Waals surface area contributed by atoms with Crippen molar-refractivity contribution >= 4 is 29.8 Å². The molecule has 13 heteroatoms. The highest BCUT2D eigenvalue weighted by atomic mass is 16.6. The lowest BCUT2D eigenvalue weighted by molar-refractivity contribution is -0.194. The standard InChI is InChI=1S/C39H54O13/c1-21(2)19-47-30-23(4)31(48-24(5)40)32(49-25(6)41)35(51-27(8)43)37(9,10)18-17-22(3)33(52-36(44)28-15-13-12-14-16-28)39(46)20-38(11,45)34(29(30)39)50-26(7)42/h12-18,21-22,29-35,45-46H,4,19-20H2,1-3,5-11H3/b18-17+/t22-,29-,30-,31-,32+,33-,34+,35+,38+,39+/m0/s1. The Kier molecular flexibility index (Phi) is 13.6. The lowest BCUT2D eigenvalue weighted by Crippen LogP contribution is -2.59. The zero-order chi connectivity index (χ0) is 39.3. The molecule has 288 valence electrons. The van der Waals surface area contributed by atoms with Gasteiger partial charge in [-0.2, -0.15) is 0 Å². The summed E-state index contributed by atoms with van der Waals surface area (Å²) in [5.74, 6) is -6.27. The molecule has 0 unspecified atom stereocenters. The predicted molar refractivity (Wildman–Crippen MR) is 187 cm³/mol. The number of ether oxygens (including phenoxy) is 6. The molecule has 1 aromatic rings. The minimum absolute atomic E-state index is 0.0268. The Labute approximate surface area is 305 Å². The summed E-state index contributed by atoms with van der Waals surface area (Å²) in [6.07, 6.45) is -5.90. The average molecular weight is 731 g/mol. The second-order valence-corrected chi connectivity index (χ2v) is 15.2. The molecule has 0 aliphatic heterocycles. The largest absolute Gasteiger partial charge is 0.459 e. The molecule has 2 aliphatic rings. The predicted octanol–water partition coefficient (Wildman–Crippen LogP) is 4.27. The van der Waals surface area contributed by atoms with Gasteiger partial charge in [0, 0.05) is 52.1 Å². The van der Waals surface area contributed by atoms with Crippen LogP contribution in [0.1, 0.15) is 86.0 Å².